The summed E-state index contributed by atoms with van der Waals surface area (Å²) in [5.41, 5.74) is 8.01. The molecule has 0 saturated carbocycles. The fraction of sp³-hybridized carbons (Fsp3) is 0.286. The van der Waals surface area contributed by atoms with Gasteiger partial charge in [0.1, 0.15) is 0 Å². The number of hydrogen-bond donors (Lipinski definition) is 1. The number of ether oxygens (including phenoxy) is 1. The predicted molar refractivity (Wildman–Crippen MR) is 72.0 cm³/mol. The lowest BCUT2D eigenvalue weighted by molar-refractivity contribution is 0.109. The zero-order valence-electron chi connectivity index (χ0n) is 9.76. The van der Waals surface area contributed by atoms with E-state index < -0.39 is 0 Å². The Hall–Kier alpha value is -1.16. The molecule has 0 unspecified atom stereocenters. The maximum absolute atomic E-state index is 5.65. The first-order valence-corrected chi connectivity index (χ1v) is 6.64. The van der Waals surface area contributed by atoms with Crippen LogP contribution in [0, 0.1) is 0 Å². The van der Waals surface area contributed by atoms with Crippen LogP contribution in [0.1, 0.15) is 16.0 Å². The Morgan fingerprint density at radius 2 is 1.76 bits per heavy atom. The average Bonchev–Trinajstić information content (AvgIpc) is 2.85. The molecule has 17 heavy (non-hydrogen) atoms. The van der Waals surface area contributed by atoms with Gasteiger partial charge in [-0.15, -0.1) is 11.3 Å². The van der Waals surface area contributed by atoms with Gasteiger partial charge < -0.3 is 10.5 Å². The summed E-state index contributed by atoms with van der Waals surface area (Å²) < 4.78 is 5.65. The number of hydrogen-bond acceptors (Lipinski definition) is 3. The molecule has 0 fully saturated rings. The molecule has 0 aliphatic carbocycles. The van der Waals surface area contributed by atoms with Crippen molar-refractivity contribution in [3.63, 3.8) is 0 Å². The van der Waals surface area contributed by atoms with Crippen LogP contribution in [0.4, 0.5) is 0 Å². The fourth-order valence-electron chi connectivity index (χ4n) is 1.63. The second kappa shape index (κ2) is 6.55. The van der Waals surface area contributed by atoms with Crippen LogP contribution >= 0.6 is 11.3 Å². The van der Waals surface area contributed by atoms with Gasteiger partial charge in [0.05, 0.1) is 13.2 Å². The van der Waals surface area contributed by atoms with E-state index in [4.69, 9.17) is 10.5 Å². The molecule has 2 aromatic rings. The number of benzene rings is 1. The van der Waals surface area contributed by atoms with E-state index in [-0.39, 0.29) is 0 Å². The molecule has 2 N–H and O–H groups in total. The molecule has 0 bridgehead atoms. The minimum Gasteiger partial charge on any atom is -0.371 e. The highest BCUT2D eigenvalue weighted by atomic mass is 32.1. The smallest absolute Gasteiger partial charge is 0.0813 e. The van der Waals surface area contributed by atoms with Gasteiger partial charge in [-0.3, -0.25) is 0 Å². The maximum Gasteiger partial charge on any atom is 0.0813 e. The third kappa shape index (κ3) is 3.97. The highest BCUT2D eigenvalue weighted by molar-refractivity contribution is 7.09. The normalized spacial score (nSPS) is 10.6. The van der Waals surface area contributed by atoms with Crippen LogP contribution in [0.3, 0.4) is 0 Å². The maximum atomic E-state index is 5.65. The Kier molecular flexibility index (Phi) is 4.74. The monoisotopic (exact) mass is 247 g/mol. The average molecular weight is 247 g/mol. The summed E-state index contributed by atoms with van der Waals surface area (Å²) in [4.78, 5) is 1.27. The Balaban J connectivity index is 1.79. The van der Waals surface area contributed by atoms with E-state index in [9.17, 15) is 0 Å². The number of nitrogens with two attached hydrogens (primary N) is 1. The van der Waals surface area contributed by atoms with Crippen molar-refractivity contribution in [3.05, 3.63) is 57.8 Å². The molecule has 1 heterocycles. The van der Waals surface area contributed by atoms with Crippen molar-refractivity contribution >= 4 is 11.3 Å². The van der Waals surface area contributed by atoms with Gasteiger partial charge in [0.15, 0.2) is 0 Å². The lowest BCUT2D eigenvalue weighted by Gasteiger charge is -2.04. The van der Waals surface area contributed by atoms with Crippen LogP contribution in [0.2, 0.25) is 0 Å². The van der Waals surface area contributed by atoms with Crippen molar-refractivity contribution in [2.75, 3.05) is 6.54 Å². The third-order valence-electron chi connectivity index (χ3n) is 2.55. The van der Waals surface area contributed by atoms with Crippen molar-refractivity contribution in [2.45, 2.75) is 19.6 Å². The van der Waals surface area contributed by atoms with Crippen molar-refractivity contribution in [1.29, 1.82) is 0 Å². The summed E-state index contributed by atoms with van der Waals surface area (Å²) in [6, 6.07) is 12.6. The first kappa shape index (κ1) is 12.3. The van der Waals surface area contributed by atoms with E-state index >= 15 is 0 Å². The predicted octanol–water partition coefficient (Wildman–Crippen LogP) is 2.97. The van der Waals surface area contributed by atoms with Gasteiger partial charge in [0, 0.05) is 4.88 Å². The van der Waals surface area contributed by atoms with Gasteiger partial charge >= 0.3 is 0 Å². The molecular formula is C14H17NOS. The van der Waals surface area contributed by atoms with Gasteiger partial charge in [0.2, 0.25) is 0 Å². The molecular weight excluding hydrogens is 230 g/mol. The minimum absolute atomic E-state index is 0.667. The minimum atomic E-state index is 0.667. The van der Waals surface area contributed by atoms with Gasteiger partial charge in [0.25, 0.3) is 0 Å². The van der Waals surface area contributed by atoms with Crippen LogP contribution in [-0.4, -0.2) is 6.54 Å². The Labute approximate surface area is 106 Å². The van der Waals surface area contributed by atoms with Crippen molar-refractivity contribution in [1.82, 2.24) is 0 Å². The standard InChI is InChI=1S/C14H17NOS/c15-8-7-12-3-5-13(6-4-12)10-16-11-14-2-1-9-17-14/h1-6,9H,7-8,10-11,15H2. The van der Waals surface area contributed by atoms with E-state index in [0.717, 1.165) is 6.42 Å². The summed E-state index contributed by atoms with van der Waals surface area (Å²) >= 11 is 1.73. The van der Waals surface area contributed by atoms with Crippen LogP contribution in [0.25, 0.3) is 0 Å². The van der Waals surface area contributed by atoms with Crippen molar-refractivity contribution in [2.24, 2.45) is 5.73 Å². The van der Waals surface area contributed by atoms with Gasteiger partial charge in [-0.1, -0.05) is 30.3 Å². The molecule has 2 nitrogen and oxygen atoms in total. The molecule has 90 valence electrons. The molecule has 0 aliphatic heterocycles. The summed E-state index contributed by atoms with van der Waals surface area (Å²) in [6.45, 7) is 2.07. The summed E-state index contributed by atoms with van der Waals surface area (Å²) in [5.74, 6) is 0. The van der Waals surface area contributed by atoms with E-state index in [1.807, 2.05) is 6.07 Å². The Morgan fingerprint density at radius 1 is 1.00 bits per heavy atom. The molecule has 0 amide bonds. The summed E-state index contributed by atoms with van der Waals surface area (Å²) in [7, 11) is 0. The third-order valence-corrected chi connectivity index (χ3v) is 3.40. The molecule has 0 spiro atoms. The van der Waals surface area contributed by atoms with E-state index in [1.54, 1.807) is 11.3 Å². The quantitative estimate of drug-likeness (QED) is 0.851. The zero-order chi connectivity index (χ0) is 11.9. The molecule has 0 radical (unpaired) electrons. The van der Waals surface area contributed by atoms with Crippen molar-refractivity contribution in [3.8, 4) is 0 Å². The van der Waals surface area contributed by atoms with Gasteiger partial charge in [-0.25, -0.2) is 0 Å². The molecule has 1 aromatic heterocycles. The van der Waals surface area contributed by atoms with Gasteiger partial charge in [-0.05, 0) is 35.5 Å². The lowest BCUT2D eigenvalue weighted by Crippen LogP contribution is -2.02. The second-order valence-electron chi connectivity index (χ2n) is 3.93. The SMILES string of the molecule is NCCc1ccc(COCc2cccs2)cc1. The summed E-state index contributed by atoms with van der Waals surface area (Å²) in [6.07, 6.45) is 0.941. The highest BCUT2D eigenvalue weighted by Crippen LogP contribution is 2.12. The van der Waals surface area contributed by atoms with Crippen molar-refractivity contribution < 1.29 is 4.74 Å². The Morgan fingerprint density at radius 3 is 2.41 bits per heavy atom. The molecule has 0 saturated heterocycles. The number of rotatable bonds is 6. The molecule has 0 atom stereocenters. The van der Waals surface area contributed by atoms with Crippen LogP contribution in [0.15, 0.2) is 41.8 Å². The topological polar surface area (TPSA) is 35.2 Å². The van der Waals surface area contributed by atoms with Crippen LogP contribution in [-0.2, 0) is 24.4 Å². The van der Waals surface area contributed by atoms with Crippen LogP contribution in [0.5, 0.6) is 0 Å². The van der Waals surface area contributed by atoms with E-state index in [0.29, 0.717) is 19.8 Å². The lowest BCUT2D eigenvalue weighted by atomic mass is 10.1. The van der Waals surface area contributed by atoms with E-state index in [2.05, 4.69) is 35.7 Å². The number of thiophene rings is 1. The fourth-order valence-corrected chi connectivity index (χ4v) is 2.27. The molecule has 0 aliphatic rings. The highest BCUT2D eigenvalue weighted by Gasteiger charge is 1.97. The van der Waals surface area contributed by atoms with Crippen LogP contribution < -0.4 is 5.73 Å². The zero-order valence-corrected chi connectivity index (χ0v) is 10.6. The first-order valence-electron chi connectivity index (χ1n) is 5.76. The second-order valence-corrected chi connectivity index (χ2v) is 4.96. The largest absolute Gasteiger partial charge is 0.371 e. The van der Waals surface area contributed by atoms with Gasteiger partial charge in [-0.2, -0.15) is 0 Å². The molecule has 1 aromatic carbocycles. The first-order chi connectivity index (χ1) is 8.38. The molecule has 3 heteroatoms. The Bertz CT molecular complexity index is 422. The van der Waals surface area contributed by atoms with E-state index in [1.165, 1.54) is 16.0 Å². The summed E-state index contributed by atoms with van der Waals surface area (Å²) in [5, 5.41) is 2.07. The molecule has 2 rings (SSSR count).